The van der Waals surface area contributed by atoms with Crippen LogP contribution in [0.1, 0.15) is 41.3 Å². The molecule has 0 radical (unpaired) electrons. The molecule has 1 unspecified atom stereocenters. The molecule has 0 saturated heterocycles. The lowest BCUT2D eigenvalue weighted by atomic mass is 9.93. The van der Waals surface area contributed by atoms with Gasteiger partial charge in [0.05, 0.1) is 5.92 Å². The molecule has 1 aliphatic carbocycles. The second kappa shape index (κ2) is 4.70. The molecule has 4 heteroatoms. The number of aromatic nitrogens is 2. The van der Waals surface area contributed by atoms with Gasteiger partial charge in [0.2, 0.25) is 11.8 Å². The number of aryl methyl sites for hydroxylation is 1. The SMILES string of the molecule is Cc1nnc(C(C)c2ccc3c(c2N)Cc2ccccc2-3)o1. The molecule has 0 spiro atoms. The average molecular weight is 291 g/mol. The van der Waals surface area contributed by atoms with Crippen molar-refractivity contribution in [3.05, 3.63) is 64.9 Å². The minimum absolute atomic E-state index is 0.00443. The standard InChI is InChI=1S/C18H17N3O/c1-10(18-21-20-11(2)22-18)13-7-8-15-14-6-4-3-5-12(14)9-16(15)17(13)19/h3-8,10H,9,19H2,1-2H3. The van der Waals surface area contributed by atoms with Crippen molar-refractivity contribution in [1.82, 2.24) is 10.2 Å². The second-order valence-electron chi connectivity index (χ2n) is 5.81. The van der Waals surface area contributed by atoms with Crippen molar-refractivity contribution in [3.63, 3.8) is 0 Å². The number of anilines is 1. The number of nitrogens with two attached hydrogens (primary N) is 1. The number of hydrogen-bond acceptors (Lipinski definition) is 4. The van der Waals surface area contributed by atoms with Crippen molar-refractivity contribution >= 4 is 5.69 Å². The molecule has 4 rings (SSSR count). The van der Waals surface area contributed by atoms with Gasteiger partial charge in [0.15, 0.2) is 0 Å². The van der Waals surface area contributed by atoms with Crippen LogP contribution in [0.5, 0.6) is 0 Å². The van der Waals surface area contributed by atoms with E-state index >= 15 is 0 Å². The Bertz CT molecular complexity index is 867. The summed E-state index contributed by atoms with van der Waals surface area (Å²) < 4.78 is 5.56. The largest absolute Gasteiger partial charge is 0.425 e. The summed E-state index contributed by atoms with van der Waals surface area (Å²) in [7, 11) is 0. The van der Waals surface area contributed by atoms with Crippen LogP contribution in [0, 0.1) is 6.92 Å². The lowest BCUT2D eigenvalue weighted by molar-refractivity contribution is 0.455. The molecule has 22 heavy (non-hydrogen) atoms. The van der Waals surface area contributed by atoms with Gasteiger partial charge in [-0.15, -0.1) is 10.2 Å². The molecule has 2 aromatic carbocycles. The zero-order valence-corrected chi connectivity index (χ0v) is 12.6. The first-order valence-electron chi connectivity index (χ1n) is 7.44. The van der Waals surface area contributed by atoms with E-state index in [4.69, 9.17) is 10.2 Å². The van der Waals surface area contributed by atoms with Gasteiger partial charge in [-0.25, -0.2) is 0 Å². The summed E-state index contributed by atoms with van der Waals surface area (Å²) in [5.74, 6) is 1.18. The quantitative estimate of drug-likeness (QED) is 0.572. The fourth-order valence-corrected chi connectivity index (χ4v) is 3.25. The van der Waals surface area contributed by atoms with E-state index < -0.39 is 0 Å². The highest BCUT2D eigenvalue weighted by atomic mass is 16.4. The third-order valence-electron chi connectivity index (χ3n) is 4.44. The predicted molar refractivity (Wildman–Crippen MR) is 85.6 cm³/mol. The van der Waals surface area contributed by atoms with Gasteiger partial charge in [0, 0.05) is 19.0 Å². The van der Waals surface area contributed by atoms with Crippen LogP contribution in [0.3, 0.4) is 0 Å². The van der Waals surface area contributed by atoms with Gasteiger partial charge in [-0.05, 0) is 34.7 Å². The Morgan fingerprint density at radius 2 is 1.91 bits per heavy atom. The summed E-state index contributed by atoms with van der Waals surface area (Å²) >= 11 is 0. The van der Waals surface area contributed by atoms with Gasteiger partial charge < -0.3 is 10.2 Å². The molecular formula is C18H17N3O. The molecule has 0 fully saturated rings. The monoisotopic (exact) mass is 291 g/mol. The summed E-state index contributed by atoms with van der Waals surface area (Å²) in [5, 5.41) is 8.03. The lowest BCUT2D eigenvalue weighted by Crippen LogP contribution is -2.04. The first kappa shape index (κ1) is 13.1. The Morgan fingerprint density at radius 3 is 2.68 bits per heavy atom. The summed E-state index contributed by atoms with van der Waals surface area (Å²) in [6.07, 6.45) is 0.890. The fraction of sp³-hybridized carbons (Fsp3) is 0.222. The third kappa shape index (κ3) is 1.84. The van der Waals surface area contributed by atoms with E-state index in [1.165, 1.54) is 22.3 Å². The zero-order valence-electron chi connectivity index (χ0n) is 12.6. The van der Waals surface area contributed by atoms with Gasteiger partial charge in [0.1, 0.15) is 0 Å². The van der Waals surface area contributed by atoms with Crippen molar-refractivity contribution in [3.8, 4) is 11.1 Å². The second-order valence-corrected chi connectivity index (χ2v) is 5.81. The summed E-state index contributed by atoms with van der Waals surface area (Å²) in [6, 6.07) is 12.7. The first-order valence-corrected chi connectivity index (χ1v) is 7.44. The lowest BCUT2D eigenvalue weighted by Gasteiger charge is -2.14. The minimum atomic E-state index is -0.00443. The summed E-state index contributed by atoms with van der Waals surface area (Å²) in [4.78, 5) is 0. The fourth-order valence-electron chi connectivity index (χ4n) is 3.25. The van der Waals surface area contributed by atoms with E-state index in [9.17, 15) is 0 Å². The molecule has 1 aliphatic rings. The maximum absolute atomic E-state index is 6.47. The number of nitrogen functional groups attached to an aromatic ring is 1. The summed E-state index contributed by atoms with van der Waals surface area (Å²) in [5.41, 5.74) is 13.4. The highest BCUT2D eigenvalue weighted by Crippen LogP contribution is 2.42. The highest BCUT2D eigenvalue weighted by molar-refractivity contribution is 5.82. The maximum atomic E-state index is 6.47. The van der Waals surface area contributed by atoms with Crippen LogP contribution in [0.2, 0.25) is 0 Å². The first-order chi connectivity index (χ1) is 10.6. The van der Waals surface area contributed by atoms with Crippen LogP contribution in [0.25, 0.3) is 11.1 Å². The molecule has 4 nitrogen and oxygen atoms in total. The van der Waals surface area contributed by atoms with Crippen molar-refractivity contribution in [2.45, 2.75) is 26.2 Å². The predicted octanol–water partition coefficient (Wildman–Crippen LogP) is 3.68. The normalized spacial score (nSPS) is 13.7. The Balaban J connectivity index is 1.80. The number of fused-ring (bicyclic) bond motifs is 3. The van der Waals surface area contributed by atoms with E-state index in [1.807, 2.05) is 6.92 Å². The molecule has 0 aliphatic heterocycles. The molecule has 3 aromatic rings. The van der Waals surface area contributed by atoms with Crippen molar-refractivity contribution in [2.75, 3.05) is 5.73 Å². The van der Waals surface area contributed by atoms with Crippen LogP contribution in [-0.2, 0) is 6.42 Å². The smallest absolute Gasteiger partial charge is 0.223 e. The zero-order chi connectivity index (χ0) is 15.3. The van der Waals surface area contributed by atoms with Crippen molar-refractivity contribution in [1.29, 1.82) is 0 Å². The van der Waals surface area contributed by atoms with Crippen LogP contribution in [0.15, 0.2) is 40.8 Å². The van der Waals surface area contributed by atoms with Crippen molar-refractivity contribution < 1.29 is 4.42 Å². The van der Waals surface area contributed by atoms with E-state index in [0.717, 1.165) is 17.7 Å². The Kier molecular flexibility index (Phi) is 2.79. The van der Waals surface area contributed by atoms with E-state index in [2.05, 4.69) is 46.6 Å². The molecule has 1 heterocycles. The molecule has 0 bridgehead atoms. The topological polar surface area (TPSA) is 64.9 Å². The number of benzene rings is 2. The van der Waals surface area contributed by atoms with E-state index in [0.29, 0.717) is 11.8 Å². The van der Waals surface area contributed by atoms with E-state index in [-0.39, 0.29) is 5.92 Å². The third-order valence-corrected chi connectivity index (χ3v) is 4.44. The van der Waals surface area contributed by atoms with Crippen LogP contribution >= 0.6 is 0 Å². The average Bonchev–Trinajstić information content (AvgIpc) is 3.11. The van der Waals surface area contributed by atoms with Crippen LogP contribution in [0.4, 0.5) is 5.69 Å². The van der Waals surface area contributed by atoms with Crippen LogP contribution < -0.4 is 5.73 Å². The Labute approximate surface area is 129 Å². The molecule has 110 valence electrons. The highest BCUT2D eigenvalue weighted by Gasteiger charge is 2.25. The van der Waals surface area contributed by atoms with Crippen molar-refractivity contribution in [2.24, 2.45) is 0 Å². The maximum Gasteiger partial charge on any atom is 0.223 e. The van der Waals surface area contributed by atoms with Crippen LogP contribution in [-0.4, -0.2) is 10.2 Å². The number of nitrogens with zero attached hydrogens (tertiary/aromatic N) is 2. The molecule has 1 atom stereocenters. The van der Waals surface area contributed by atoms with E-state index in [1.54, 1.807) is 6.92 Å². The molecule has 0 saturated carbocycles. The van der Waals surface area contributed by atoms with Gasteiger partial charge >= 0.3 is 0 Å². The molecular weight excluding hydrogens is 274 g/mol. The number of rotatable bonds is 2. The Hall–Kier alpha value is -2.62. The van der Waals surface area contributed by atoms with Gasteiger partial charge in [-0.3, -0.25) is 0 Å². The minimum Gasteiger partial charge on any atom is -0.425 e. The summed E-state index contributed by atoms with van der Waals surface area (Å²) in [6.45, 7) is 3.85. The molecule has 0 amide bonds. The molecule has 1 aromatic heterocycles. The van der Waals surface area contributed by atoms with Gasteiger partial charge in [0.25, 0.3) is 0 Å². The van der Waals surface area contributed by atoms with Gasteiger partial charge in [-0.1, -0.05) is 36.4 Å². The number of hydrogen-bond donors (Lipinski definition) is 1. The van der Waals surface area contributed by atoms with Gasteiger partial charge in [-0.2, -0.15) is 0 Å². The molecule has 2 N–H and O–H groups in total. The Morgan fingerprint density at radius 1 is 1.09 bits per heavy atom.